The SMILES string of the molecule is Cc1sc(NC(=O)c2ccc(CSc3ncn[nH]3)cc2)nc1-c1ccc(Cl)cc1. The number of hydrogen-bond acceptors (Lipinski definition) is 6. The third kappa shape index (κ3) is 4.84. The second-order valence-corrected chi connectivity index (χ2v) is 8.76. The highest BCUT2D eigenvalue weighted by Crippen LogP contribution is 2.31. The Labute approximate surface area is 180 Å². The van der Waals surface area contributed by atoms with Crippen molar-refractivity contribution in [3.63, 3.8) is 0 Å². The summed E-state index contributed by atoms with van der Waals surface area (Å²) >= 11 is 8.96. The van der Waals surface area contributed by atoms with E-state index in [9.17, 15) is 4.79 Å². The number of aromatic nitrogens is 4. The molecule has 0 aliphatic carbocycles. The van der Waals surface area contributed by atoms with Gasteiger partial charge in [0.1, 0.15) is 6.33 Å². The predicted octanol–water partition coefficient (Wildman–Crippen LogP) is 5.43. The molecule has 0 aliphatic heterocycles. The fraction of sp³-hybridized carbons (Fsp3) is 0.100. The van der Waals surface area contributed by atoms with Crippen LogP contribution in [0.25, 0.3) is 11.3 Å². The van der Waals surface area contributed by atoms with Crippen molar-refractivity contribution >= 4 is 45.7 Å². The van der Waals surface area contributed by atoms with Gasteiger partial charge in [0.05, 0.1) is 5.69 Å². The molecule has 0 radical (unpaired) electrons. The Hall–Kier alpha value is -2.68. The van der Waals surface area contributed by atoms with Crippen molar-refractivity contribution in [2.75, 3.05) is 5.32 Å². The number of amides is 1. The Kier molecular flexibility index (Phi) is 5.94. The van der Waals surface area contributed by atoms with Gasteiger partial charge < -0.3 is 0 Å². The normalized spacial score (nSPS) is 10.8. The first-order chi connectivity index (χ1) is 14.1. The number of aryl methyl sites for hydroxylation is 1. The van der Waals surface area contributed by atoms with E-state index >= 15 is 0 Å². The van der Waals surface area contributed by atoms with Crippen LogP contribution in [0.15, 0.2) is 60.0 Å². The quantitative estimate of drug-likeness (QED) is 0.389. The number of thioether (sulfide) groups is 1. The topological polar surface area (TPSA) is 83.6 Å². The van der Waals surface area contributed by atoms with Crippen molar-refractivity contribution < 1.29 is 4.79 Å². The first-order valence-corrected chi connectivity index (χ1v) is 10.9. The van der Waals surface area contributed by atoms with E-state index in [0.29, 0.717) is 15.7 Å². The Morgan fingerprint density at radius 1 is 1.17 bits per heavy atom. The summed E-state index contributed by atoms with van der Waals surface area (Å²) in [6, 6.07) is 15.0. The lowest BCUT2D eigenvalue weighted by Gasteiger charge is -2.04. The zero-order chi connectivity index (χ0) is 20.2. The lowest BCUT2D eigenvalue weighted by atomic mass is 10.1. The molecule has 6 nitrogen and oxygen atoms in total. The van der Waals surface area contributed by atoms with Crippen LogP contribution in [0.2, 0.25) is 5.02 Å². The summed E-state index contributed by atoms with van der Waals surface area (Å²) < 4.78 is 0. The van der Waals surface area contributed by atoms with Gasteiger partial charge in [-0.3, -0.25) is 15.2 Å². The van der Waals surface area contributed by atoms with Crippen LogP contribution in [0, 0.1) is 6.92 Å². The van der Waals surface area contributed by atoms with Crippen LogP contribution in [0.1, 0.15) is 20.8 Å². The van der Waals surface area contributed by atoms with Gasteiger partial charge in [0.25, 0.3) is 5.91 Å². The number of H-pyrrole nitrogens is 1. The third-order valence-electron chi connectivity index (χ3n) is 4.12. The van der Waals surface area contributed by atoms with Gasteiger partial charge in [0.2, 0.25) is 0 Å². The first-order valence-electron chi connectivity index (χ1n) is 8.70. The van der Waals surface area contributed by atoms with E-state index in [-0.39, 0.29) is 5.91 Å². The van der Waals surface area contributed by atoms with Crippen LogP contribution in [0.4, 0.5) is 5.13 Å². The molecule has 0 unspecified atom stereocenters. The van der Waals surface area contributed by atoms with Gasteiger partial charge in [-0.1, -0.05) is 47.6 Å². The Morgan fingerprint density at radius 2 is 1.93 bits per heavy atom. The number of hydrogen-bond donors (Lipinski definition) is 2. The number of carbonyl (C=O) groups is 1. The summed E-state index contributed by atoms with van der Waals surface area (Å²) in [6.07, 6.45) is 1.48. The minimum atomic E-state index is -0.184. The summed E-state index contributed by atoms with van der Waals surface area (Å²) in [5.41, 5.74) is 3.50. The molecule has 4 rings (SSSR count). The minimum absolute atomic E-state index is 0.184. The maximum Gasteiger partial charge on any atom is 0.257 e. The van der Waals surface area contributed by atoms with Gasteiger partial charge >= 0.3 is 0 Å². The molecule has 0 bridgehead atoms. The van der Waals surface area contributed by atoms with Crippen LogP contribution >= 0.6 is 34.7 Å². The number of nitrogens with one attached hydrogen (secondary N) is 2. The van der Waals surface area contributed by atoms with Crippen LogP contribution in [0.3, 0.4) is 0 Å². The van der Waals surface area contributed by atoms with Crippen molar-refractivity contribution in [1.29, 1.82) is 0 Å². The van der Waals surface area contributed by atoms with Gasteiger partial charge in [0, 0.05) is 26.8 Å². The molecule has 0 fully saturated rings. The number of thiazole rings is 1. The monoisotopic (exact) mass is 441 g/mol. The Bertz CT molecular complexity index is 1110. The lowest BCUT2D eigenvalue weighted by Crippen LogP contribution is -2.11. The summed E-state index contributed by atoms with van der Waals surface area (Å²) in [5.74, 6) is 0.559. The first kappa shape index (κ1) is 19.6. The maximum absolute atomic E-state index is 12.6. The molecule has 1 amide bonds. The predicted molar refractivity (Wildman–Crippen MR) is 118 cm³/mol. The number of anilines is 1. The smallest absolute Gasteiger partial charge is 0.257 e. The molecule has 2 aromatic heterocycles. The van der Waals surface area contributed by atoms with Crippen molar-refractivity contribution in [1.82, 2.24) is 20.2 Å². The summed E-state index contributed by atoms with van der Waals surface area (Å²) in [7, 11) is 0. The zero-order valence-electron chi connectivity index (χ0n) is 15.3. The van der Waals surface area contributed by atoms with Crippen LogP contribution in [0.5, 0.6) is 0 Å². The summed E-state index contributed by atoms with van der Waals surface area (Å²) in [6.45, 7) is 1.98. The molecule has 2 aromatic carbocycles. The highest BCUT2D eigenvalue weighted by molar-refractivity contribution is 7.98. The highest BCUT2D eigenvalue weighted by atomic mass is 35.5. The second kappa shape index (κ2) is 8.77. The average molecular weight is 442 g/mol. The fourth-order valence-electron chi connectivity index (χ4n) is 2.66. The lowest BCUT2D eigenvalue weighted by molar-refractivity contribution is 0.102. The summed E-state index contributed by atoms with van der Waals surface area (Å²) in [5, 5.41) is 11.5. The van der Waals surface area contributed by atoms with Gasteiger partial charge in [-0.2, -0.15) is 5.10 Å². The second-order valence-electron chi connectivity index (χ2n) is 6.16. The molecule has 0 saturated carbocycles. The van der Waals surface area contributed by atoms with Crippen molar-refractivity contribution in [2.24, 2.45) is 0 Å². The molecule has 4 aromatic rings. The van der Waals surface area contributed by atoms with E-state index < -0.39 is 0 Å². The van der Waals surface area contributed by atoms with E-state index in [1.807, 2.05) is 55.5 Å². The van der Waals surface area contributed by atoms with Gasteiger partial charge in [0.15, 0.2) is 10.3 Å². The van der Waals surface area contributed by atoms with E-state index in [0.717, 1.165) is 32.6 Å². The molecule has 29 heavy (non-hydrogen) atoms. The van der Waals surface area contributed by atoms with Gasteiger partial charge in [-0.15, -0.1) is 11.3 Å². The van der Waals surface area contributed by atoms with Crippen molar-refractivity contribution in [3.8, 4) is 11.3 Å². The Morgan fingerprint density at radius 3 is 2.62 bits per heavy atom. The zero-order valence-corrected chi connectivity index (χ0v) is 17.7. The molecule has 2 N–H and O–H groups in total. The number of carbonyl (C=O) groups excluding carboxylic acids is 1. The number of rotatable bonds is 6. The van der Waals surface area contributed by atoms with Crippen LogP contribution in [-0.2, 0) is 5.75 Å². The van der Waals surface area contributed by atoms with E-state index in [1.165, 1.54) is 17.7 Å². The summed E-state index contributed by atoms with van der Waals surface area (Å²) in [4.78, 5) is 22.3. The molecule has 0 aliphatic rings. The van der Waals surface area contributed by atoms with E-state index in [4.69, 9.17) is 11.6 Å². The minimum Gasteiger partial charge on any atom is -0.298 e. The largest absolute Gasteiger partial charge is 0.298 e. The Balaban J connectivity index is 1.41. The van der Waals surface area contributed by atoms with Crippen LogP contribution in [-0.4, -0.2) is 26.1 Å². The number of benzene rings is 2. The van der Waals surface area contributed by atoms with Gasteiger partial charge in [-0.25, -0.2) is 9.97 Å². The van der Waals surface area contributed by atoms with Crippen molar-refractivity contribution in [2.45, 2.75) is 17.8 Å². The molecule has 2 heterocycles. The number of aromatic amines is 1. The third-order valence-corrected chi connectivity index (χ3v) is 6.21. The standard InChI is InChI=1S/C20H16ClN5OS2/c1-12-17(14-6-8-16(21)9-7-14)24-20(29-12)25-18(27)15-4-2-13(3-5-15)10-28-19-22-11-23-26-19/h2-9,11H,10H2,1H3,(H,22,23,26)(H,24,25,27). The highest BCUT2D eigenvalue weighted by Gasteiger charge is 2.13. The molecule has 9 heteroatoms. The molecule has 0 spiro atoms. The number of nitrogens with zero attached hydrogens (tertiary/aromatic N) is 3. The average Bonchev–Trinajstić information content (AvgIpc) is 3.37. The fourth-order valence-corrected chi connectivity index (χ4v) is 4.35. The molecule has 146 valence electrons. The molecular formula is C20H16ClN5OS2. The van der Waals surface area contributed by atoms with Gasteiger partial charge in [-0.05, 0) is 36.8 Å². The maximum atomic E-state index is 12.6. The van der Waals surface area contributed by atoms with Crippen molar-refractivity contribution in [3.05, 3.63) is 75.9 Å². The van der Waals surface area contributed by atoms with E-state index in [2.05, 4.69) is 25.5 Å². The molecule has 0 atom stereocenters. The van der Waals surface area contributed by atoms with Crippen LogP contribution < -0.4 is 5.32 Å². The van der Waals surface area contributed by atoms with E-state index in [1.54, 1.807) is 11.8 Å². The molecule has 0 saturated heterocycles. The molecular weight excluding hydrogens is 426 g/mol. The number of halogens is 1.